The van der Waals surface area contributed by atoms with Crippen molar-refractivity contribution in [2.45, 2.75) is 31.3 Å². The molecule has 1 aromatic heterocycles. The minimum absolute atomic E-state index is 0.183. The number of carbonyl (C=O) groups is 1. The quantitative estimate of drug-likeness (QED) is 0.446. The predicted octanol–water partition coefficient (Wildman–Crippen LogP) is 4.64. The summed E-state index contributed by atoms with van der Waals surface area (Å²) in [6.07, 6.45) is 3.12. The van der Waals surface area contributed by atoms with Crippen molar-refractivity contribution in [2.75, 3.05) is 30.7 Å². The number of nitrogens with one attached hydrogen (secondary N) is 1. The van der Waals surface area contributed by atoms with Gasteiger partial charge < -0.3 is 10.2 Å². The fourth-order valence-electron chi connectivity index (χ4n) is 3.70. The molecule has 5 nitrogen and oxygen atoms in total. The van der Waals surface area contributed by atoms with Crippen LogP contribution in [0.15, 0.2) is 59.8 Å². The predicted molar refractivity (Wildman–Crippen MR) is 124 cm³/mol. The van der Waals surface area contributed by atoms with Crippen molar-refractivity contribution in [3.05, 3.63) is 60.2 Å². The Morgan fingerprint density at radius 2 is 1.80 bits per heavy atom. The first-order chi connectivity index (χ1) is 14.7. The lowest BCUT2D eigenvalue weighted by Gasteiger charge is -2.30. The molecule has 30 heavy (non-hydrogen) atoms. The van der Waals surface area contributed by atoms with E-state index in [4.69, 9.17) is 4.98 Å². The summed E-state index contributed by atoms with van der Waals surface area (Å²) in [5.74, 6) is 2.12. The molecule has 6 heteroatoms. The molecule has 0 atom stereocenters. The van der Waals surface area contributed by atoms with Crippen molar-refractivity contribution in [2.24, 2.45) is 5.92 Å². The molecule has 2 aromatic carbocycles. The average Bonchev–Trinajstić information content (AvgIpc) is 2.78. The van der Waals surface area contributed by atoms with Crippen LogP contribution in [0, 0.1) is 5.92 Å². The van der Waals surface area contributed by atoms with Crippen LogP contribution in [-0.4, -0.2) is 46.2 Å². The number of benzene rings is 2. The average molecular weight is 421 g/mol. The summed E-state index contributed by atoms with van der Waals surface area (Å²) in [5.41, 5.74) is 2.19. The first-order valence-corrected chi connectivity index (χ1v) is 11.6. The summed E-state index contributed by atoms with van der Waals surface area (Å²) < 4.78 is 0. The molecule has 0 radical (unpaired) electrons. The van der Waals surface area contributed by atoms with E-state index in [-0.39, 0.29) is 5.91 Å². The van der Waals surface area contributed by atoms with Crippen molar-refractivity contribution >= 4 is 34.4 Å². The number of para-hydroxylation sites is 1. The molecule has 3 aromatic rings. The van der Waals surface area contributed by atoms with E-state index < -0.39 is 0 Å². The number of amides is 1. The molecule has 1 N–H and O–H groups in total. The minimum atomic E-state index is 0.183. The fourth-order valence-corrected chi connectivity index (χ4v) is 4.45. The number of rotatable bonds is 7. The van der Waals surface area contributed by atoms with Crippen LogP contribution in [0.2, 0.25) is 0 Å². The second-order valence-corrected chi connectivity index (χ2v) is 8.83. The Kier molecular flexibility index (Phi) is 6.84. The third-order valence-electron chi connectivity index (χ3n) is 5.59. The Labute approximate surface area is 182 Å². The van der Waals surface area contributed by atoms with Gasteiger partial charge in [0.15, 0.2) is 5.16 Å². The molecule has 0 saturated carbocycles. The van der Waals surface area contributed by atoms with Crippen molar-refractivity contribution in [3.8, 4) is 0 Å². The van der Waals surface area contributed by atoms with E-state index in [1.165, 1.54) is 17.3 Å². The Morgan fingerprint density at radius 3 is 2.60 bits per heavy atom. The van der Waals surface area contributed by atoms with E-state index in [0.29, 0.717) is 10.9 Å². The first kappa shape index (κ1) is 20.7. The minimum Gasteiger partial charge on any atom is -0.369 e. The van der Waals surface area contributed by atoms with Gasteiger partial charge in [0.05, 0.1) is 11.3 Å². The number of likely N-dealkylation sites (tertiary alicyclic amines) is 1. The zero-order valence-electron chi connectivity index (χ0n) is 17.4. The van der Waals surface area contributed by atoms with Crippen LogP contribution >= 0.6 is 11.8 Å². The first-order valence-electron chi connectivity index (χ1n) is 10.6. The van der Waals surface area contributed by atoms with Crippen LogP contribution in [0.25, 0.3) is 10.9 Å². The highest BCUT2D eigenvalue weighted by atomic mass is 32.2. The highest BCUT2D eigenvalue weighted by molar-refractivity contribution is 7.99. The van der Waals surface area contributed by atoms with Crippen molar-refractivity contribution in [1.29, 1.82) is 0 Å². The summed E-state index contributed by atoms with van der Waals surface area (Å²) >= 11 is 1.43. The third kappa shape index (κ3) is 5.30. The summed E-state index contributed by atoms with van der Waals surface area (Å²) in [6.45, 7) is 4.78. The van der Waals surface area contributed by atoms with Crippen LogP contribution in [0.3, 0.4) is 0 Å². The number of hydrogen-bond donors (Lipinski definition) is 1. The maximum Gasteiger partial charge on any atom is 0.233 e. The summed E-state index contributed by atoms with van der Waals surface area (Å²) in [7, 11) is 0. The number of anilines is 1. The molecule has 156 valence electrons. The molecule has 0 aliphatic carbocycles. The second-order valence-electron chi connectivity index (χ2n) is 7.89. The third-order valence-corrected chi connectivity index (χ3v) is 6.42. The van der Waals surface area contributed by atoms with Gasteiger partial charge in [0.1, 0.15) is 5.82 Å². The summed E-state index contributed by atoms with van der Waals surface area (Å²) in [6, 6.07) is 18.4. The monoisotopic (exact) mass is 420 g/mol. The van der Waals surface area contributed by atoms with Crippen molar-refractivity contribution < 1.29 is 4.79 Å². The Bertz CT molecular complexity index is 987. The maximum absolute atomic E-state index is 12.6. The van der Waals surface area contributed by atoms with Crippen LogP contribution in [0.1, 0.15) is 25.3 Å². The number of thioether (sulfide) groups is 1. The molecule has 2 heterocycles. The van der Waals surface area contributed by atoms with E-state index in [0.717, 1.165) is 61.5 Å². The highest BCUT2D eigenvalue weighted by Crippen LogP contribution is 2.25. The van der Waals surface area contributed by atoms with Gasteiger partial charge >= 0.3 is 0 Å². The Hall–Kier alpha value is -2.60. The van der Waals surface area contributed by atoms with Gasteiger partial charge in [-0.15, -0.1) is 0 Å². The molecule has 1 aliphatic heterocycles. The van der Waals surface area contributed by atoms with Gasteiger partial charge in [-0.25, -0.2) is 9.97 Å². The molecule has 0 spiro atoms. The van der Waals surface area contributed by atoms with E-state index in [1.807, 2.05) is 35.2 Å². The maximum atomic E-state index is 12.6. The fraction of sp³-hybridized carbons (Fsp3) is 0.375. The van der Waals surface area contributed by atoms with Crippen LogP contribution in [0.4, 0.5) is 5.82 Å². The lowest BCUT2D eigenvalue weighted by Crippen LogP contribution is -2.38. The lowest BCUT2D eigenvalue weighted by molar-refractivity contribution is -0.129. The number of aromatic nitrogens is 2. The van der Waals surface area contributed by atoms with Gasteiger partial charge in [0.2, 0.25) is 5.91 Å². The smallest absolute Gasteiger partial charge is 0.233 e. The van der Waals surface area contributed by atoms with Gasteiger partial charge in [-0.2, -0.15) is 0 Å². The van der Waals surface area contributed by atoms with Crippen molar-refractivity contribution in [1.82, 2.24) is 14.9 Å². The van der Waals surface area contributed by atoms with Crippen LogP contribution in [-0.2, 0) is 11.2 Å². The molecule has 1 amide bonds. The zero-order chi connectivity index (χ0) is 20.8. The topological polar surface area (TPSA) is 58.1 Å². The number of fused-ring (bicyclic) bond motifs is 1. The Morgan fingerprint density at radius 1 is 1.07 bits per heavy atom. The Balaban J connectivity index is 1.42. The molecular formula is C24H28N4OS. The molecule has 0 unspecified atom stereocenters. The summed E-state index contributed by atoms with van der Waals surface area (Å²) in [4.78, 5) is 24.0. The number of hydrogen-bond acceptors (Lipinski definition) is 5. The summed E-state index contributed by atoms with van der Waals surface area (Å²) in [5, 5.41) is 5.13. The normalized spacial score (nSPS) is 14.8. The van der Waals surface area contributed by atoms with Gasteiger partial charge in [-0.05, 0) is 42.9 Å². The number of carbonyl (C=O) groups excluding carboxylic acids is 1. The number of nitrogens with zero attached hydrogens (tertiary/aromatic N) is 3. The van der Waals surface area contributed by atoms with Crippen LogP contribution in [0.5, 0.6) is 0 Å². The van der Waals surface area contributed by atoms with E-state index in [1.54, 1.807) is 0 Å². The van der Waals surface area contributed by atoms with E-state index in [2.05, 4.69) is 41.5 Å². The van der Waals surface area contributed by atoms with Gasteiger partial charge in [0.25, 0.3) is 0 Å². The van der Waals surface area contributed by atoms with Crippen LogP contribution < -0.4 is 5.32 Å². The SMILES string of the molecule is CC1CCN(C(=O)CSc2nc(NCCc3ccccc3)c3ccccc3n2)CC1. The van der Waals surface area contributed by atoms with E-state index >= 15 is 0 Å². The number of piperidine rings is 1. The lowest BCUT2D eigenvalue weighted by atomic mass is 9.99. The molecule has 0 bridgehead atoms. The van der Waals surface area contributed by atoms with Gasteiger partial charge in [-0.3, -0.25) is 4.79 Å². The zero-order valence-corrected chi connectivity index (χ0v) is 18.2. The molecule has 1 saturated heterocycles. The highest BCUT2D eigenvalue weighted by Gasteiger charge is 2.20. The van der Waals surface area contributed by atoms with Gasteiger partial charge in [0, 0.05) is 25.0 Å². The van der Waals surface area contributed by atoms with Gasteiger partial charge in [-0.1, -0.05) is 61.2 Å². The van der Waals surface area contributed by atoms with Crippen molar-refractivity contribution in [3.63, 3.8) is 0 Å². The molecular weight excluding hydrogens is 392 g/mol. The standard InChI is InChI=1S/C24H28N4OS/c1-18-12-15-28(16-13-18)22(29)17-30-24-26-21-10-6-5-9-20(21)23(27-24)25-14-11-19-7-3-2-4-8-19/h2-10,18H,11-17H2,1H3,(H,25,26,27). The van der Waals surface area contributed by atoms with E-state index in [9.17, 15) is 4.79 Å². The largest absolute Gasteiger partial charge is 0.369 e. The molecule has 1 fully saturated rings. The molecule has 1 aliphatic rings. The molecule has 4 rings (SSSR count). The second kappa shape index (κ2) is 9.94.